The highest BCUT2D eigenvalue weighted by Crippen LogP contribution is 2.47. The molecule has 6 nitrogen and oxygen atoms in total. The number of carbonyl (C=O) groups excluding carboxylic acids is 2. The number of carbonyl (C=O) groups is 2. The second-order valence-electron chi connectivity index (χ2n) is 6.57. The molecule has 3 rings (SSSR count). The Balaban J connectivity index is 1.52. The van der Waals surface area contributed by atoms with E-state index in [4.69, 9.17) is 5.73 Å². The van der Waals surface area contributed by atoms with Crippen molar-refractivity contribution in [1.29, 1.82) is 0 Å². The summed E-state index contributed by atoms with van der Waals surface area (Å²) in [6.07, 6.45) is 4.85. The average Bonchev–Trinajstić information content (AvgIpc) is 3.27. The number of hydrogen-bond acceptors (Lipinski definition) is 3. The SMILES string of the molecule is Cn1cc([C@@H]2C[C@@H]2C(=O)NC[C@@H](Cc2ccc(F)cc2)C(N)=O)cn1. The third-order valence-corrected chi connectivity index (χ3v) is 4.60. The Bertz CT molecular complexity index is 772. The smallest absolute Gasteiger partial charge is 0.223 e. The van der Waals surface area contributed by atoms with E-state index in [0.29, 0.717) is 6.42 Å². The Kier molecular flexibility index (Phi) is 4.83. The number of hydrogen-bond donors (Lipinski definition) is 2. The maximum absolute atomic E-state index is 13.0. The first-order valence-electron chi connectivity index (χ1n) is 8.24. The van der Waals surface area contributed by atoms with E-state index in [9.17, 15) is 14.0 Å². The number of primary amides is 1. The number of nitrogens with one attached hydrogen (secondary N) is 1. The van der Waals surface area contributed by atoms with Crippen LogP contribution in [-0.2, 0) is 23.1 Å². The largest absolute Gasteiger partial charge is 0.369 e. The van der Waals surface area contributed by atoms with Crippen LogP contribution in [0.25, 0.3) is 0 Å². The second kappa shape index (κ2) is 7.04. The predicted octanol–water partition coefficient (Wildman–Crippen LogP) is 1.12. The first-order chi connectivity index (χ1) is 11.9. The number of aromatic nitrogens is 2. The minimum absolute atomic E-state index is 0.0702. The van der Waals surface area contributed by atoms with Gasteiger partial charge in [0.05, 0.1) is 12.1 Å². The highest BCUT2D eigenvalue weighted by Gasteiger charge is 2.44. The molecule has 1 heterocycles. The van der Waals surface area contributed by atoms with Crippen molar-refractivity contribution in [3.05, 3.63) is 53.6 Å². The molecule has 1 fully saturated rings. The van der Waals surface area contributed by atoms with Crippen molar-refractivity contribution in [1.82, 2.24) is 15.1 Å². The van der Waals surface area contributed by atoms with Crippen LogP contribution in [0.2, 0.25) is 0 Å². The normalized spacial score (nSPS) is 20.1. The van der Waals surface area contributed by atoms with E-state index in [2.05, 4.69) is 10.4 Å². The van der Waals surface area contributed by atoms with E-state index in [1.807, 2.05) is 13.2 Å². The van der Waals surface area contributed by atoms with Crippen LogP contribution in [-0.4, -0.2) is 28.1 Å². The molecule has 0 radical (unpaired) electrons. The molecule has 1 aliphatic rings. The summed E-state index contributed by atoms with van der Waals surface area (Å²) in [5.41, 5.74) is 7.30. The van der Waals surface area contributed by atoms with Gasteiger partial charge in [0.25, 0.3) is 0 Å². The predicted molar refractivity (Wildman–Crippen MR) is 89.9 cm³/mol. The standard InChI is InChI=1S/C18H21FN4O2/c1-23-10-13(9-22-23)15-7-16(15)18(25)21-8-12(17(20)24)6-11-2-4-14(19)5-3-11/h2-5,9-10,12,15-16H,6-8H2,1H3,(H2,20,24)(H,21,25)/t12-,15+,16+/m1/s1. The molecule has 2 amide bonds. The first kappa shape index (κ1) is 17.1. The van der Waals surface area contributed by atoms with Gasteiger partial charge in [0.15, 0.2) is 0 Å². The molecular formula is C18H21FN4O2. The summed E-state index contributed by atoms with van der Waals surface area (Å²) in [6.45, 7) is 0.182. The Labute approximate surface area is 145 Å². The monoisotopic (exact) mass is 344 g/mol. The second-order valence-corrected chi connectivity index (χ2v) is 6.57. The molecule has 2 aromatic rings. The molecule has 1 aliphatic carbocycles. The van der Waals surface area contributed by atoms with Crippen LogP contribution < -0.4 is 11.1 Å². The summed E-state index contributed by atoms with van der Waals surface area (Å²) in [5.74, 6) is -1.29. The van der Waals surface area contributed by atoms with Crippen molar-refractivity contribution >= 4 is 11.8 Å². The van der Waals surface area contributed by atoms with Crippen molar-refractivity contribution in [2.45, 2.75) is 18.8 Å². The van der Waals surface area contributed by atoms with Crippen LogP contribution in [0.4, 0.5) is 4.39 Å². The number of amides is 2. The molecule has 1 saturated carbocycles. The molecule has 3 N–H and O–H groups in total. The van der Waals surface area contributed by atoms with Gasteiger partial charge in [-0.1, -0.05) is 12.1 Å². The zero-order valence-corrected chi connectivity index (χ0v) is 14.0. The Hall–Kier alpha value is -2.70. The molecule has 0 aliphatic heterocycles. The lowest BCUT2D eigenvalue weighted by Gasteiger charge is -2.14. The highest BCUT2D eigenvalue weighted by molar-refractivity contribution is 5.84. The van der Waals surface area contributed by atoms with Gasteiger partial charge in [0.2, 0.25) is 11.8 Å². The average molecular weight is 344 g/mol. The number of nitrogens with two attached hydrogens (primary N) is 1. The number of benzene rings is 1. The molecule has 3 atom stereocenters. The highest BCUT2D eigenvalue weighted by atomic mass is 19.1. The maximum Gasteiger partial charge on any atom is 0.223 e. The Morgan fingerprint density at radius 2 is 2.12 bits per heavy atom. The minimum atomic E-state index is -0.523. The molecule has 0 unspecified atom stereocenters. The number of halogens is 1. The van der Waals surface area contributed by atoms with Crippen molar-refractivity contribution in [2.24, 2.45) is 24.6 Å². The molecule has 0 saturated heterocycles. The number of nitrogens with zero attached hydrogens (tertiary/aromatic N) is 2. The molecule has 0 spiro atoms. The van der Waals surface area contributed by atoms with Gasteiger partial charge in [-0.3, -0.25) is 14.3 Å². The van der Waals surface area contributed by atoms with E-state index >= 15 is 0 Å². The van der Waals surface area contributed by atoms with Gasteiger partial charge in [-0.15, -0.1) is 0 Å². The Morgan fingerprint density at radius 3 is 2.72 bits per heavy atom. The van der Waals surface area contributed by atoms with Gasteiger partial charge in [-0.25, -0.2) is 4.39 Å². The molecule has 132 valence electrons. The van der Waals surface area contributed by atoms with Gasteiger partial charge in [0.1, 0.15) is 5.82 Å². The lowest BCUT2D eigenvalue weighted by Crippen LogP contribution is -2.38. The number of aryl methyl sites for hydroxylation is 1. The van der Waals surface area contributed by atoms with Gasteiger partial charge < -0.3 is 11.1 Å². The summed E-state index contributed by atoms with van der Waals surface area (Å²) in [6, 6.07) is 5.92. The third-order valence-electron chi connectivity index (χ3n) is 4.60. The molecule has 1 aromatic heterocycles. The fourth-order valence-corrected chi connectivity index (χ4v) is 3.02. The van der Waals surface area contributed by atoms with Crippen molar-refractivity contribution in [2.75, 3.05) is 6.54 Å². The summed E-state index contributed by atoms with van der Waals surface area (Å²) in [4.78, 5) is 23.9. The van der Waals surface area contributed by atoms with E-state index in [1.165, 1.54) is 12.1 Å². The minimum Gasteiger partial charge on any atom is -0.369 e. The fraction of sp³-hybridized carbons (Fsp3) is 0.389. The van der Waals surface area contributed by atoms with Crippen molar-refractivity contribution in [3.8, 4) is 0 Å². The van der Waals surface area contributed by atoms with Crippen LogP contribution in [0, 0.1) is 17.7 Å². The van der Waals surface area contributed by atoms with E-state index in [-0.39, 0.29) is 30.1 Å². The fourth-order valence-electron chi connectivity index (χ4n) is 3.02. The van der Waals surface area contributed by atoms with Gasteiger partial charge in [-0.05, 0) is 42.0 Å². The first-order valence-corrected chi connectivity index (χ1v) is 8.24. The van der Waals surface area contributed by atoms with Gasteiger partial charge in [0, 0.05) is 25.7 Å². The van der Waals surface area contributed by atoms with Crippen molar-refractivity contribution in [3.63, 3.8) is 0 Å². The lowest BCUT2D eigenvalue weighted by molar-refractivity contribution is -0.124. The molecule has 0 bridgehead atoms. The van der Waals surface area contributed by atoms with E-state index < -0.39 is 11.8 Å². The van der Waals surface area contributed by atoms with Crippen LogP contribution >= 0.6 is 0 Å². The summed E-state index contributed by atoms with van der Waals surface area (Å²) in [5, 5.41) is 6.94. The lowest BCUT2D eigenvalue weighted by atomic mass is 9.98. The molecule has 25 heavy (non-hydrogen) atoms. The Morgan fingerprint density at radius 1 is 1.40 bits per heavy atom. The van der Waals surface area contributed by atoms with Gasteiger partial charge >= 0.3 is 0 Å². The number of rotatable bonds is 7. The summed E-state index contributed by atoms with van der Waals surface area (Å²) in [7, 11) is 1.84. The van der Waals surface area contributed by atoms with Crippen LogP contribution in [0.3, 0.4) is 0 Å². The zero-order chi connectivity index (χ0) is 18.0. The van der Waals surface area contributed by atoms with E-state index in [1.54, 1.807) is 23.0 Å². The zero-order valence-electron chi connectivity index (χ0n) is 14.0. The molecule has 1 aromatic carbocycles. The molecular weight excluding hydrogens is 323 g/mol. The quantitative estimate of drug-likeness (QED) is 0.789. The summed E-state index contributed by atoms with van der Waals surface area (Å²) >= 11 is 0. The van der Waals surface area contributed by atoms with Crippen molar-refractivity contribution < 1.29 is 14.0 Å². The van der Waals surface area contributed by atoms with Gasteiger partial charge in [-0.2, -0.15) is 5.10 Å². The van der Waals surface area contributed by atoms with Crippen LogP contribution in [0.15, 0.2) is 36.7 Å². The molecule has 7 heteroatoms. The third kappa shape index (κ3) is 4.23. The van der Waals surface area contributed by atoms with Crippen LogP contribution in [0.1, 0.15) is 23.5 Å². The topological polar surface area (TPSA) is 90.0 Å². The van der Waals surface area contributed by atoms with E-state index in [0.717, 1.165) is 17.5 Å². The maximum atomic E-state index is 13.0. The van der Waals surface area contributed by atoms with Crippen LogP contribution in [0.5, 0.6) is 0 Å². The summed E-state index contributed by atoms with van der Waals surface area (Å²) < 4.78 is 14.7.